The summed E-state index contributed by atoms with van der Waals surface area (Å²) < 4.78 is 0. The minimum Gasteiger partial charge on any atom is -0.317 e. The lowest BCUT2D eigenvalue weighted by atomic mass is 9.82. The first-order valence-electron chi connectivity index (χ1n) is 6.92. The van der Waals surface area contributed by atoms with Gasteiger partial charge in [0.25, 0.3) is 0 Å². The maximum atomic E-state index is 4.65. The van der Waals surface area contributed by atoms with Gasteiger partial charge in [0, 0.05) is 23.9 Å². The van der Waals surface area contributed by atoms with Gasteiger partial charge in [-0.25, -0.2) is 0 Å². The molecule has 1 aromatic rings. The van der Waals surface area contributed by atoms with Crippen LogP contribution in [-0.2, 0) is 6.42 Å². The number of nitrogens with one attached hydrogen (secondary N) is 1. The summed E-state index contributed by atoms with van der Waals surface area (Å²) in [7, 11) is 2.10. The Morgan fingerprint density at radius 2 is 2.18 bits per heavy atom. The molecule has 0 spiro atoms. The van der Waals surface area contributed by atoms with Crippen LogP contribution in [0, 0.1) is 11.8 Å². The third-order valence-corrected chi connectivity index (χ3v) is 5.01. The molecule has 0 aromatic carbocycles. The molecule has 0 radical (unpaired) electrons. The van der Waals surface area contributed by atoms with E-state index in [9.17, 15) is 0 Å². The van der Waals surface area contributed by atoms with Crippen molar-refractivity contribution in [1.29, 1.82) is 0 Å². The minimum absolute atomic E-state index is 0.716. The molecular weight excluding hydrogens is 208 g/mol. The third-order valence-electron chi connectivity index (χ3n) is 5.01. The van der Waals surface area contributed by atoms with Crippen LogP contribution in [0.5, 0.6) is 0 Å². The minimum atomic E-state index is 0.716. The molecule has 2 aliphatic carbocycles. The average molecular weight is 230 g/mol. The van der Waals surface area contributed by atoms with Gasteiger partial charge in [0.15, 0.2) is 0 Å². The molecule has 4 unspecified atom stereocenters. The van der Waals surface area contributed by atoms with Crippen molar-refractivity contribution < 1.29 is 0 Å². The molecule has 2 aliphatic rings. The summed E-state index contributed by atoms with van der Waals surface area (Å²) in [5.74, 6) is 2.35. The quantitative estimate of drug-likeness (QED) is 0.845. The Labute approximate surface area is 104 Å². The van der Waals surface area contributed by atoms with Gasteiger partial charge in [0.1, 0.15) is 0 Å². The number of pyridine rings is 1. The van der Waals surface area contributed by atoms with Crippen LogP contribution in [0.25, 0.3) is 0 Å². The zero-order valence-electron chi connectivity index (χ0n) is 10.8. The summed E-state index contributed by atoms with van der Waals surface area (Å²) in [4.78, 5) is 4.65. The van der Waals surface area contributed by atoms with Crippen LogP contribution in [0.1, 0.15) is 43.4 Å². The van der Waals surface area contributed by atoms with Crippen LogP contribution in [0.3, 0.4) is 0 Å². The molecule has 0 amide bonds. The topological polar surface area (TPSA) is 24.9 Å². The van der Waals surface area contributed by atoms with Gasteiger partial charge >= 0.3 is 0 Å². The van der Waals surface area contributed by atoms with Crippen LogP contribution in [0.4, 0.5) is 0 Å². The standard InChI is InChI=1S/C15H22N2/c1-10-12(7-8-14(10)16-2)13-6-5-11-4-3-9-17-15(11)13/h3-4,9-10,12-14,16H,5-8H2,1-2H3. The maximum Gasteiger partial charge on any atom is 0.0469 e. The van der Waals surface area contributed by atoms with Crippen LogP contribution in [-0.4, -0.2) is 18.1 Å². The van der Waals surface area contributed by atoms with Crippen molar-refractivity contribution in [3.8, 4) is 0 Å². The van der Waals surface area contributed by atoms with E-state index in [0.29, 0.717) is 6.04 Å². The monoisotopic (exact) mass is 230 g/mol. The predicted octanol–water partition coefficient (Wildman–Crippen LogP) is 2.75. The van der Waals surface area contributed by atoms with E-state index in [4.69, 9.17) is 0 Å². The Hall–Kier alpha value is -0.890. The summed E-state index contributed by atoms with van der Waals surface area (Å²) in [6.45, 7) is 2.42. The molecule has 2 nitrogen and oxygen atoms in total. The van der Waals surface area contributed by atoms with E-state index >= 15 is 0 Å². The highest BCUT2D eigenvalue weighted by Crippen LogP contribution is 2.46. The highest BCUT2D eigenvalue weighted by atomic mass is 14.9. The van der Waals surface area contributed by atoms with E-state index < -0.39 is 0 Å². The molecule has 1 fully saturated rings. The Balaban J connectivity index is 1.83. The van der Waals surface area contributed by atoms with Gasteiger partial charge in [-0.15, -0.1) is 0 Å². The third kappa shape index (κ3) is 1.79. The number of fused-ring (bicyclic) bond motifs is 1. The molecule has 1 saturated carbocycles. The zero-order chi connectivity index (χ0) is 11.8. The smallest absolute Gasteiger partial charge is 0.0469 e. The van der Waals surface area contributed by atoms with Crippen LogP contribution in [0.15, 0.2) is 18.3 Å². The largest absolute Gasteiger partial charge is 0.317 e. The lowest BCUT2D eigenvalue weighted by Gasteiger charge is -2.25. The lowest BCUT2D eigenvalue weighted by Crippen LogP contribution is -2.30. The first kappa shape index (κ1) is 11.2. The van der Waals surface area contributed by atoms with E-state index in [1.54, 1.807) is 0 Å². The van der Waals surface area contributed by atoms with Crippen molar-refractivity contribution in [3.05, 3.63) is 29.6 Å². The van der Waals surface area contributed by atoms with Crippen molar-refractivity contribution in [3.63, 3.8) is 0 Å². The van der Waals surface area contributed by atoms with E-state index in [1.807, 2.05) is 6.20 Å². The zero-order valence-corrected chi connectivity index (χ0v) is 10.8. The Morgan fingerprint density at radius 3 is 2.94 bits per heavy atom. The van der Waals surface area contributed by atoms with Crippen molar-refractivity contribution in [2.24, 2.45) is 11.8 Å². The maximum absolute atomic E-state index is 4.65. The van der Waals surface area contributed by atoms with Gasteiger partial charge in [0.05, 0.1) is 0 Å². The summed E-state index contributed by atoms with van der Waals surface area (Å²) in [6.07, 6.45) is 7.22. The van der Waals surface area contributed by atoms with Gasteiger partial charge in [-0.1, -0.05) is 13.0 Å². The van der Waals surface area contributed by atoms with E-state index in [0.717, 1.165) is 17.8 Å². The second-order valence-corrected chi connectivity index (χ2v) is 5.69. The number of aryl methyl sites for hydroxylation is 1. The Bertz CT molecular complexity index is 402. The summed E-state index contributed by atoms with van der Waals surface area (Å²) >= 11 is 0. The highest BCUT2D eigenvalue weighted by molar-refractivity contribution is 5.29. The first-order chi connectivity index (χ1) is 8.31. The van der Waals surface area contributed by atoms with Crippen molar-refractivity contribution in [2.75, 3.05) is 7.05 Å². The van der Waals surface area contributed by atoms with Gasteiger partial charge < -0.3 is 5.32 Å². The van der Waals surface area contributed by atoms with Crippen LogP contribution in [0.2, 0.25) is 0 Å². The Kier molecular flexibility index (Phi) is 2.91. The molecule has 4 atom stereocenters. The molecule has 1 aromatic heterocycles. The predicted molar refractivity (Wildman–Crippen MR) is 70.0 cm³/mol. The summed E-state index contributed by atoms with van der Waals surface area (Å²) in [5, 5.41) is 3.47. The van der Waals surface area contributed by atoms with Gasteiger partial charge in [-0.3, -0.25) is 4.98 Å². The van der Waals surface area contributed by atoms with Crippen molar-refractivity contribution in [1.82, 2.24) is 10.3 Å². The molecule has 3 rings (SSSR count). The number of hydrogen-bond donors (Lipinski definition) is 1. The molecule has 92 valence electrons. The number of rotatable bonds is 2. The van der Waals surface area contributed by atoms with E-state index in [2.05, 4.69) is 36.4 Å². The van der Waals surface area contributed by atoms with Crippen molar-refractivity contribution in [2.45, 2.75) is 44.6 Å². The summed E-state index contributed by atoms with van der Waals surface area (Å²) in [5.41, 5.74) is 2.90. The normalized spacial score (nSPS) is 36.1. The SMILES string of the molecule is CNC1CCC(C2CCc3cccnc32)C1C. The lowest BCUT2D eigenvalue weighted by molar-refractivity contribution is 0.310. The summed E-state index contributed by atoms with van der Waals surface area (Å²) in [6, 6.07) is 5.06. The average Bonchev–Trinajstić information content (AvgIpc) is 2.92. The molecule has 0 bridgehead atoms. The highest BCUT2D eigenvalue weighted by Gasteiger charge is 2.40. The molecular formula is C15H22N2. The molecule has 1 N–H and O–H groups in total. The second-order valence-electron chi connectivity index (χ2n) is 5.69. The fraction of sp³-hybridized carbons (Fsp3) is 0.667. The number of hydrogen-bond acceptors (Lipinski definition) is 2. The number of nitrogens with zero attached hydrogens (tertiary/aromatic N) is 1. The first-order valence-corrected chi connectivity index (χ1v) is 6.92. The van der Waals surface area contributed by atoms with Crippen molar-refractivity contribution >= 4 is 0 Å². The number of aromatic nitrogens is 1. The molecule has 1 heterocycles. The van der Waals surface area contributed by atoms with Gasteiger partial charge in [0.2, 0.25) is 0 Å². The molecule has 2 heteroatoms. The van der Waals surface area contributed by atoms with E-state index in [-0.39, 0.29) is 0 Å². The van der Waals surface area contributed by atoms with Gasteiger partial charge in [-0.05, 0) is 56.2 Å². The molecule has 0 saturated heterocycles. The van der Waals surface area contributed by atoms with E-state index in [1.165, 1.54) is 36.9 Å². The van der Waals surface area contributed by atoms with Crippen LogP contribution >= 0.6 is 0 Å². The van der Waals surface area contributed by atoms with Gasteiger partial charge in [-0.2, -0.15) is 0 Å². The van der Waals surface area contributed by atoms with Crippen LogP contribution < -0.4 is 5.32 Å². The second kappa shape index (κ2) is 4.41. The molecule has 0 aliphatic heterocycles. The molecule has 17 heavy (non-hydrogen) atoms. The fourth-order valence-corrected chi connectivity index (χ4v) is 4.03. The fourth-order valence-electron chi connectivity index (χ4n) is 4.03. The Morgan fingerprint density at radius 1 is 1.29 bits per heavy atom.